The Bertz CT molecular complexity index is 817. The minimum atomic E-state index is 0.410. The van der Waals surface area contributed by atoms with Gasteiger partial charge in [-0.15, -0.1) is 5.10 Å². The molecule has 1 heterocycles. The Hall–Kier alpha value is -2.66. The lowest BCUT2D eigenvalue weighted by atomic mass is 10.2. The summed E-state index contributed by atoms with van der Waals surface area (Å²) < 4.78 is 0. The fourth-order valence-electron chi connectivity index (χ4n) is 2.05. The van der Waals surface area contributed by atoms with Crippen molar-refractivity contribution in [1.29, 1.82) is 0 Å². The maximum Gasteiger partial charge on any atom is 0.249 e. The van der Waals surface area contributed by atoms with Crippen molar-refractivity contribution in [3.63, 3.8) is 0 Å². The van der Waals surface area contributed by atoms with Crippen molar-refractivity contribution in [2.24, 2.45) is 0 Å². The quantitative estimate of drug-likeness (QED) is 0.732. The number of aryl methyl sites for hydroxylation is 2. The summed E-state index contributed by atoms with van der Waals surface area (Å²) in [7, 11) is 0. The first-order chi connectivity index (χ1) is 11.1. The predicted octanol–water partition coefficient (Wildman–Crippen LogP) is 4.63. The van der Waals surface area contributed by atoms with Crippen LogP contribution in [0, 0.1) is 13.8 Å². The standard InChI is InChI=1S/C17H16ClN5/c1-11-3-7-14(8-4-11)20-16-10-19-23-17(22-16)21-15-9-13(18)6-5-12(15)2/h3-10H,1-2H3,(H2,20,21,22,23). The van der Waals surface area contributed by atoms with E-state index in [0.29, 0.717) is 16.8 Å². The zero-order valence-electron chi connectivity index (χ0n) is 12.8. The zero-order valence-corrected chi connectivity index (χ0v) is 13.6. The molecule has 0 aliphatic rings. The van der Waals surface area contributed by atoms with Crippen LogP contribution in [0.4, 0.5) is 23.1 Å². The summed E-state index contributed by atoms with van der Waals surface area (Å²) in [6, 6.07) is 13.7. The maximum absolute atomic E-state index is 6.03. The molecule has 0 saturated heterocycles. The molecule has 3 rings (SSSR count). The van der Waals surface area contributed by atoms with Crippen molar-refractivity contribution < 1.29 is 0 Å². The molecule has 1 aromatic heterocycles. The Labute approximate surface area is 139 Å². The van der Waals surface area contributed by atoms with Crippen LogP contribution in [0.25, 0.3) is 0 Å². The van der Waals surface area contributed by atoms with Crippen molar-refractivity contribution in [2.45, 2.75) is 13.8 Å². The van der Waals surface area contributed by atoms with Crippen molar-refractivity contribution in [3.05, 3.63) is 64.8 Å². The van der Waals surface area contributed by atoms with Crippen molar-refractivity contribution in [3.8, 4) is 0 Å². The molecule has 0 spiro atoms. The predicted molar refractivity (Wildman–Crippen MR) is 93.8 cm³/mol. The molecule has 0 fully saturated rings. The number of halogens is 1. The number of nitrogens with zero attached hydrogens (tertiary/aromatic N) is 3. The fraction of sp³-hybridized carbons (Fsp3) is 0.118. The Kier molecular flexibility index (Phi) is 4.39. The third kappa shape index (κ3) is 3.96. The van der Waals surface area contributed by atoms with E-state index < -0.39 is 0 Å². The lowest BCUT2D eigenvalue weighted by Gasteiger charge is -2.10. The highest BCUT2D eigenvalue weighted by Crippen LogP contribution is 2.23. The SMILES string of the molecule is Cc1ccc(Nc2cnnc(Nc3cc(Cl)ccc3C)n2)cc1. The number of nitrogens with one attached hydrogen (secondary N) is 2. The van der Waals surface area contributed by atoms with Crippen LogP contribution in [0.3, 0.4) is 0 Å². The first-order valence-corrected chi connectivity index (χ1v) is 7.54. The molecule has 23 heavy (non-hydrogen) atoms. The number of hydrogen-bond donors (Lipinski definition) is 2. The summed E-state index contributed by atoms with van der Waals surface area (Å²) in [6.07, 6.45) is 1.58. The van der Waals surface area contributed by atoms with Crippen molar-refractivity contribution in [1.82, 2.24) is 15.2 Å². The van der Waals surface area contributed by atoms with Gasteiger partial charge in [0, 0.05) is 16.4 Å². The molecule has 0 aliphatic heterocycles. The molecule has 0 bridgehead atoms. The van der Waals surface area contributed by atoms with Crippen molar-refractivity contribution in [2.75, 3.05) is 10.6 Å². The Balaban J connectivity index is 1.79. The minimum absolute atomic E-state index is 0.410. The topological polar surface area (TPSA) is 62.7 Å². The molecule has 2 aromatic carbocycles. The van der Waals surface area contributed by atoms with E-state index in [1.165, 1.54) is 5.56 Å². The summed E-state index contributed by atoms with van der Waals surface area (Å²) in [5, 5.41) is 15.0. The molecule has 0 radical (unpaired) electrons. The molecule has 6 heteroatoms. The van der Waals surface area contributed by atoms with Crippen LogP contribution in [-0.2, 0) is 0 Å². The summed E-state index contributed by atoms with van der Waals surface area (Å²) in [4.78, 5) is 4.42. The van der Waals surface area contributed by atoms with Gasteiger partial charge in [0.15, 0.2) is 5.82 Å². The van der Waals surface area contributed by atoms with Crippen LogP contribution in [0.5, 0.6) is 0 Å². The van der Waals surface area contributed by atoms with E-state index in [4.69, 9.17) is 11.6 Å². The number of rotatable bonds is 4. The summed E-state index contributed by atoms with van der Waals surface area (Å²) >= 11 is 6.03. The molecular formula is C17H16ClN5. The average Bonchev–Trinajstić information content (AvgIpc) is 2.54. The average molecular weight is 326 g/mol. The molecule has 0 atom stereocenters. The normalized spacial score (nSPS) is 10.4. The Morgan fingerprint density at radius 1 is 0.957 bits per heavy atom. The van der Waals surface area contributed by atoms with Crippen LogP contribution < -0.4 is 10.6 Å². The molecule has 0 saturated carbocycles. The third-order valence-electron chi connectivity index (χ3n) is 3.33. The van der Waals surface area contributed by atoms with Crippen LogP contribution in [0.2, 0.25) is 5.02 Å². The van der Waals surface area contributed by atoms with E-state index >= 15 is 0 Å². The molecule has 5 nitrogen and oxygen atoms in total. The number of anilines is 4. The molecule has 0 amide bonds. The first-order valence-electron chi connectivity index (χ1n) is 7.17. The second kappa shape index (κ2) is 6.62. The van der Waals surface area contributed by atoms with Gasteiger partial charge < -0.3 is 10.6 Å². The van der Waals surface area contributed by atoms with E-state index in [1.54, 1.807) is 6.20 Å². The second-order valence-electron chi connectivity index (χ2n) is 5.24. The smallest absolute Gasteiger partial charge is 0.249 e. The lowest BCUT2D eigenvalue weighted by molar-refractivity contribution is 0.982. The molecule has 3 aromatic rings. The van der Waals surface area contributed by atoms with Crippen LogP contribution in [-0.4, -0.2) is 15.2 Å². The number of hydrogen-bond acceptors (Lipinski definition) is 5. The van der Waals surface area contributed by atoms with Gasteiger partial charge in [0.05, 0.1) is 6.20 Å². The van der Waals surface area contributed by atoms with Gasteiger partial charge in [0.1, 0.15) is 0 Å². The van der Waals surface area contributed by atoms with Gasteiger partial charge in [-0.2, -0.15) is 10.1 Å². The number of aromatic nitrogens is 3. The van der Waals surface area contributed by atoms with Crippen LogP contribution in [0.1, 0.15) is 11.1 Å². The fourth-order valence-corrected chi connectivity index (χ4v) is 2.22. The van der Waals surface area contributed by atoms with Crippen molar-refractivity contribution >= 4 is 34.7 Å². The van der Waals surface area contributed by atoms with Gasteiger partial charge in [-0.25, -0.2) is 0 Å². The molecule has 0 aliphatic carbocycles. The lowest BCUT2D eigenvalue weighted by Crippen LogP contribution is -2.03. The van der Waals surface area contributed by atoms with Gasteiger partial charge in [0.25, 0.3) is 0 Å². The van der Waals surface area contributed by atoms with Gasteiger partial charge in [-0.1, -0.05) is 35.4 Å². The van der Waals surface area contributed by atoms with Gasteiger partial charge in [-0.05, 0) is 43.7 Å². The monoisotopic (exact) mass is 325 g/mol. The molecular weight excluding hydrogens is 310 g/mol. The molecule has 0 unspecified atom stereocenters. The Morgan fingerprint density at radius 2 is 1.74 bits per heavy atom. The third-order valence-corrected chi connectivity index (χ3v) is 3.56. The van der Waals surface area contributed by atoms with Crippen LogP contribution in [0.15, 0.2) is 48.7 Å². The van der Waals surface area contributed by atoms with Crippen LogP contribution >= 0.6 is 11.6 Å². The van der Waals surface area contributed by atoms with Gasteiger partial charge in [0.2, 0.25) is 5.95 Å². The molecule has 116 valence electrons. The van der Waals surface area contributed by atoms with E-state index in [9.17, 15) is 0 Å². The van der Waals surface area contributed by atoms with Gasteiger partial charge in [-0.3, -0.25) is 0 Å². The van der Waals surface area contributed by atoms with E-state index in [1.807, 2.05) is 56.3 Å². The Morgan fingerprint density at radius 3 is 2.52 bits per heavy atom. The largest absolute Gasteiger partial charge is 0.339 e. The van der Waals surface area contributed by atoms with E-state index in [-0.39, 0.29) is 0 Å². The summed E-state index contributed by atoms with van der Waals surface area (Å²) in [5.74, 6) is 1.03. The minimum Gasteiger partial charge on any atom is -0.339 e. The highest BCUT2D eigenvalue weighted by Gasteiger charge is 2.05. The zero-order chi connectivity index (χ0) is 16.2. The van der Waals surface area contributed by atoms with Gasteiger partial charge >= 0.3 is 0 Å². The van der Waals surface area contributed by atoms with E-state index in [2.05, 4.69) is 25.8 Å². The molecule has 2 N–H and O–H groups in total. The highest BCUT2D eigenvalue weighted by molar-refractivity contribution is 6.30. The number of benzene rings is 2. The second-order valence-corrected chi connectivity index (χ2v) is 5.68. The maximum atomic E-state index is 6.03. The highest BCUT2D eigenvalue weighted by atomic mass is 35.5. The van der Waals surface area contributed by atoms with E-state index in [0.717, 1.165) is 16.9 Å². The first kappa shape index (κ1) is 15.2. The summed E-state index contributed by atoms with van der Waals surface area (Å²) in [6.45, 7) is 4.03. The summed E-state index contributed by atoms with van der Waals surface area (Å²) in [5.41, 5.74) is 4.05.